The van der Waals surface area contributed by atoms with E-state index in [0.717, 1.165) is 0 Å². The summed E-state index contributed by atoms with van der Waals surface area (Å²) in [5.74, 6) is -2.60. The second-order valence-electron chi connectivity index (χ2n) is 5.62. The quantitative estimate of drug-likeness (QED) is 0.625. The Kier molecular flexibility index (Phi) is 5.40. The van der Waals surface area contributed by atoms with E-state index in [1.807, 2.05) is 0 Å². The Balaban J connectivity index is 2.52. The third kappa shape index (κ3) is 3.49. The highest BCUT2D eigenvalue weighted by atomic mass is 16.6. The van der Waals surface area contributed by atoms with E-state index in [-0.39, 0.29) is 19.5 Å². The Bertz CT molecular complexity index is 629. The molecule has 1 aliphatic heterocycles. The predicted octanol–water partition coefficient (Wildman–Crippen LogP) is 0.644. The van der Waals surface area contributed by atoms with Crippen molar-refractivity contribution in [3.63, 3.8) is 0 Å². The van der Waals surface area contributed by atoms with Gasteiger partial charge in [0.2, 0.25) is 0 Å². The summed E-state index contributed by atoms with van der Waals surface area (Å²) < 4.78 is 10.4. The summed E-state index contributed by atoms with van der Waals surface area (Å²) in [4.78, 5) is 37.6. The maximum Gasteiger partial charge on any atom is 0.622 e. The standard InChI is InChI=1S/C16H18BNO6/c1-3-9-16(15(21)22,12-7-5-4-6-8-12)17-23-13(19)10-18(2)11-14(20)24-17/h3-8H,1,9-11H2,2H3,(H,21,22). The van der Waals surface area contributed by atoms with Crippen LogP contribution in [0.3, 0.4) is 0 Å². The zero-order valence-corrected chi connectivity index (χ0v) is 13.3. The van der Waals surface area contributed by atoms with Gasteiger partial charge in [-0.1, -0.05) is 36.4 Å². The number of carbonyl (C=O) groups is 3. The molecule has 0 aliphatic carbocycles. The molecule has 0 saturated carbocycles. The molecule has 1 N–H and O–H groups in total. The SMILES string of the molecule is C=CCC(B1OC(=O)CN(C)CC(=O)O1)(C(=O)O)c1ccccc1. The number of carbonyl (C=O) groups excluding carboxylic acids is 2. The maximum atomic E-state index is 12.1. The van der Waals surface area contributed by atoms with Crippen molar-refractivity contribution in [2.45, 2.75) is 11.7 Å². The van der Waals surface area contributed by atoms with E-state index in [2.05, 4.69) is 6.58 Å². The first-order chi connectivity index (χ1) is 11.4. The lowest BCUT2D eigenvalue weighted by molar-refractivity contribution is -0.148. The second kappa shape index (κ2) is 7.31. The average Bonchev–Trinajstić information content (AvgIpc) is 2.50. The van der Waals surface area contributed by atoms with Crippen LogP contribution in [-0.2, 0) is 29.0 Å². The normalized spacial score (nSPS) is 18.6. The average molecular weight is 331 g/mol. The van der Waals surface area contributed by atoms with E-state index in [9.17, 15) is 19.5 Å². The predicted molar refractivity (Wildman–Crippen MR) is 86.0 cm³/mol. The van der Waals surface area contributed by atoms with Gasteiger partial charge in [-0.2, -0.15) is 0 Å². The fourth-order valence-corrected chi connectivity index (χ4v) is 2.66. The van der Waals surface area contributed by atoms with Gasteiger partial charge in [0.05, 0.1) is 13.1 Å². The largest absolute Gasteiger partial charge is 0.622 e. The van der Waals surface area contributed by atoms with Crippen molar-refractivity contribution in [3.8, 4) is 0 Å². The van der Waals surface area contributed by atoms with Crippen LogP contribution >= 0.6 is 0 Å². The van der Waals surface area contributed by atoms with Gasteiger partial charge in [-0.15, -0.1) is 6.58 Å². The molecule has 0 spiro atoms. The molecule has 1 aliphatic rings. The smallest absolute Gasteiger partial charge is 0.497 e. The summed E-state index contributed by atoms with van der Waals surface area (Å²) in [6.07, 6.45) is 1.32. The van der Waals surface area contributed by atoms with Crippen molar-refractivity contribution < 1.29 is 28.8 Å². The Labute approximate surface area is 140 Å². The maximum absolute atomic E-state index is 12.1. The van der Waals surface area contributed by atoms with Crippen LogP contribution in [0.5, 0.6) is 0 Å². The molecule has 126 valence electrons. The fourth-order valence-electron chi connectivity index (χ4n) is 2.66. The van der Waals surface area contributed by atoms with Crippen LogP contribution in [0.25, 0.3) is 0 Å². The number of hydrogen-bond acceptors (Lipinski definition) is 6. The van der Waals surface area contributed by atoms with Gasteiger partial charge < -0.3 is 14.4 Å². The summed E-state index contributed by atoms with van der Waals surface area (Å²) in [6, 6.07) is 8.23. The number of hydrogen-bond donors (Lipinski definition) is 1. The van der Waals surface area contributed by atoms with Crippen LogP contribution in [0.2, 0.25) is 0 Å². The summed E-state index contributed by atoms with van der Waals surface area (Å²) in [5, 5.41) is 8.15. The van der Waals surface area contributed by atoms with Gasteiger partial charge >= 0.3 is 25.0 Å². The lowest BCUT2D eigenvalue weighted by Gasteiger charge is -2.33. The number of rotatable bonds is 5. The number of aliphatic carboxylic acids is 1. The minimum Gasteiger partial charge on any atom is -0.497 e. The second-order valence-corrected chi connectivity index (χ2v) is 5.62. The highest BCUT2D eigenvalue weighted by Gasteiger charge is 2.58. The first-order valence-electron chi connectivity index (χ1n) is 7.37. The highest BCUT2D eigenvalue weighted by Crippen LogP contribution is 2.33. The summed E-state index contributed by atoms with van der Waals surface area (Å²) >= 11 is 0. The van der Waals surface area contributed by atoms with Crippen LogP contribution < -0.4 is 0 Å². The van der Waals surface area contributed by atoms with Gasteiger partial charge in [-0.05, 0) is 19.0 Å². The summed E-state index contributed by atoms with van der Waals surface area (Å²) in [6.45, 7) is 3.32. The Morgan fingerprint density at radius 3 is 2.29 bits per heavy atom. The molecular formula is C16H18BNO6. The number of carboxylic acids is 1. The van der Waals surface area contributed by atoms with Crippen LogP contribution in [0.4, 0.5) is 0 Å². The minimum atomic E-state index is -1.76. The molecule has 0 aromatic heterocycles. The number of benzene rings is 1. The van der Waals surface area contributed by atoms with Crippen LogP contribution in [-0.4, -0.2) is 55.2 Å². The first-order valence-corrected chi connectivity index (χ1v) is 7.37. The Morgan fingerprint density at radius 2 is 1.83 bits per heavy atom. The number of likely N-dealkylation sites (N-methyl/N-ethyl adjacent to an activating group) is 1. The van der Waals surface area contributed by atoms with Crippen molar-refractivity contribution in [3.05, 3.63) is 48.6 Å². The Morgan fingerprint density at radius 1 is 1.29 bits per heavy atom. The molecule has 1 aromatic rings. The van der Waals surface area contributed by atoms with Gasteiger partial charge in [0, 0.05) is 0 Å². The molecule has 8 heteroatoms. The molecular weight excluding hydrogens is 313 g/mol. The zero-order chi connectivity index (χ0) is 17.7. The van der Waals surface area contributed by atoms with Gasteiger partial charge in [0.25, 0.3) is 0 Å². The molecule has 24 heavy (non-hydrogen) atoms. The lowest BCUT2D eigenvalue weighted by atomic mass is 9.52. The summed E-state index contributed by atoms with van der Waals surface area (Å²) in [5.41, 5.74) is 0.358. The molecule has 7 nitrogen and oxygen atoms in total. The van der Waals surface area contributed by atoms with E-state index in [1.54, 1.807) is 37.4 Å². The van der Waals surface area contributed by atoms with Crippen molar-refractivity contribution >= 4 is 25.0 Å². The van der Waals surface area contributed by atoms with E-state index < -0.39 is 30.3 Å². The molecule has 0 amide bonds. The fraction of sp³-hybridized carbons (Fsp3) is 0.312. The van der Waals surface area contributed by atoms with Crippen LogP contribution in [0, 0.1) is 0 Å². The molecule has 1 fully saturated rings. The molecule has 1 unspecified atom stereocenters. The van der Waals surface area contributed by atoms with Gasteiger partial charge in [-0.25, -0.2) is 0 Å². The van der Waals surface area contributed by atoms with Crippen molar-refractivity contribution in [2.24, 2.45) is 0 Å². The molecule has 1 heterocycles. The Hall–Kier alpha value is -2.61. The molecule has 1 atom stereocenters. The number of allylic oxidation sites excluding steroid dienone is 1. The van der Waals surface area contributed by atoms with E-state index >= 15 is 0 Å². The first kappa shape index (κ1) is 17.7. The number of nitrogens with zero attached hydrogens (tertiary/aromatic N) is 1. The van der Waals surface area contributed by atoms with Crippen molar-refractivity contribution in [2.75, 3.05) is 20.1 Å². The molecule has 2 rings (SSSR count). The van der Waals surface area contributed by atoms with Crippen LogP contribution in [0.15, 0.2) is 43.0 Å². The van der Waals surface area contributed by atoms with E-state index in [4.69, 9.17) is 9.31 Å². The van der Waals surface area contributed by atoms with E-state index in [0.29, 0.717) is 5.56 Å². The number of carboxylic acid groups (broad SMARTS) is 1. The summed E-state index contributed by atoms with van der Waals surface area (Å²) in [7, 11) is -0.0158. The topological polar surface area (TPSA) is 93.1 Å². The monoisotopic (exact) mass is 331 g/mol. The third-order valence-corrected chi connectivity index (χ3v) is 3.81. The van der Waals surface area contributed by atoms with Crippen LogP contribution in [0.1, 0.15) is 12.0 Å². The molecule has 0 bridgehead atoms. The highest BCUT2D eigenvalue weighted by molar-refractivity contribution is 6.58. The molecule has 0 radical (unpaired) electrons. The van der Waals surface area contributed by atoms with Gasteiger partial charge in [-0.3, -0.25) is 19.3 Å². The molecule has 1 aromatic carbocycles. The zero-order valence-electron chi connectivity index (χ0n) is 13.3. The third-order valence-electron chi connectivity index (χ3n) is 3.81. The van der Waals surface area contributed by atoms with E-state index in [1.165, 1.54) is 11.0 Å². The lowest BCUT2D eigenvalue weighted by Crippen LogP contribution is -2.57. The van der Waals surface area contributed by atoms with Gasteiger partial charge in [0.1, 0.15) is 0 Å². The van der Waals surface area contributed by atoms with Gasteiger partial charge in [0.15, 0.2) is 5.31 Å². The van der Waals surface area contributed by atoms with Crippen molar-refractivity contribution in [1.29, 1.82) is 0 Å². The van der Waals surface area contributed by atoms with Crippen molar-refractivity contribution in [1.82, 2.24) is 4.90 Å². The molecule has 1 saturated heterocycles. The minimum absolute atomic E-state index is 0.0760.